The summed E-state index contributed by atoms with van der Waals surface area (Å²) in [4.78, 5) is 45.5. The van der Waals surface area contributed by atoms with Gasteiger partial charge in [-0.25, -0.2) is 4.98 Å². The SMILES string of the molecule is O=C(CCn1cnc2ccccc2c1=O)Nc1cccc(C(=O)Nc2ccncc2)c1. The van der Waals surface area contributed by atoms with Crippen LogP contribution in [0.1, 0.15) is 16.8 Å². The zero-order valence-electron chi connectivity index (χ0n) is 16.5. The minimum Gasteiger partial charge on any atom is -0.326 e. The van der Waals surface area contributed by atoms with Gasteiger partial charge in [0, 0.05) is 42.3 Å². The maximum atomic E-state index is 12.5. The summed E-state index contributed by atoms with van der Waals surface area (Å²) in [6.07, 6.45) is 4.71. The molecule has 0 saturated carbocycles. The lowest BCUT2D eigenvalue weighted by Gasteiger charge is -2.09. The Morgan fingerprint density at radius 2 is 1.71 bits per heavy atom. The Hall–Kier alpha value is -4.33. The van der Waals surface area contributed by atoms with E-state index in [9.17, 15) is 14.4 Å². The van der Waals surface area contributed by atoms with Crippen molar-refractivity contribution >= 4 is 34.1 Å². The second-order valence-electron chi connectivity index (χ2n) is 6.83. The third-order valence-electron chi connectivity index (χ3n) is 4.66. The van der Waals surface area contributed by atoms with E-state index in [0.717, 1.165) is 0 Å². The lowest BCUT2D eigenvalue weighted by molar-refractivity contribution is -0.116. The van der Waals surface area contributed by atoms with E-state index in [1.807, 2.05) is 6.07 Å². The van der Waals surface area contributed by atoms with Gasteiger partial charge in [-0.2, -0.15) is 0 Å². The second-order valence-corrected chi connectivity index (χ2v) is 6.83. The van der Waals surface area contributed by atoms with Crippen molar-refractivity contribution in [2.24, 2.45) is 0 Å². The van der Waals surface area contributed by atoms with E-state index in [1.54, 1.807) is 67.0 Å². The number of hydrogen-bond acceptors (Lipinski definition) is 5. The fourth-order valence-electron chi connectivity index (χ4n) is 3.09. The second kappa shape index (κ2) is 9.00. The number of aryl methyl sites for hydroxylation is 1. The van der Waals surface area contributed by atoms with E-state index < -0.39 is 0 Å². The smallest absolute Gasteiger partial charge is 0.261 e. The minimum atomic E-state index is -0.295. The highest BCUT2D eigenvalue weighted by Gasteiger charge is 2.10. The summed E-state index contributed by atoms with van der Waals surface area (Å²) in [5.74, 6) is -0.567. The minimum absolute atomic E-state index is 0.0906. The van der Waals surface area contributed by atoms with Crippen molar-refractivity contribution in [3.63, 3.8) is 0 Å². The Morgan fingerprint density at radius 1 is 0.903 bits per heavy atom. The first-order chi connectivity index (χ1) is 15.1. The summed E-state index contributed by atoms with van der Waals surface area (Å²) in [6.45, 7) is 0.199. The molecule has 0 radical (unpaired) electrons. The van der Waals surface area contributed by atoms with Crippen LogP contribution in [0.3, 0.4) is 0 Å². The molecule has 0 saturated heterocycles. The number of fused-ring (bicyclic) bond motifs is 1. The third-order valence-corrected chi connectivity index (χ3v) is 4.66. The van der Waals surface area contributed by atoms with Crippen molar-refractivity contribution in [1.29, 1.82) is 0 Å². The van der Waals surface area contributed by atoms with E-state index in [-0.39, 0.29) is 30.3 Å². The molecular weight excluding hydrogens is 394 g/mol. The number of carbonyl (C=O) groups excluding carboxylic acids is 2. The van der Waals surface area contributed by atoms with E-state index in [1.165, 1.54) is 10.9 Å². The maximum absolute atomic E-state index is 12.5. The molecule has 4 aromatic rings. The van der Waals surface area contributed by atoms with E-state index >= 15 is 0 Å². The van der Waals surface area contributed by atoms with Crippen LogP contribution >= 0.6 is 0 Å². The predicted molar refractivity (Wildman–Crippen MR) is 118 cm³/mol. The molecular formula is C23H19N5O3. The number of anilines is 2. The largest absolute Gasteiger partial charge is 0.326 e. The van der Waals surface area contributed by atoms with Gasteiger partial charge >= 0.3 is 0 Å². The van der Waals surface area contributed by atoms with E-state index in [4.69, 9.17) is 0 Å². The number of nitrogens with one attached hydrogen (secondary N) is 2. The number of carbonyl (C=O) groups is 2. The maximum Gasteiger partial charge on any atom is 0.261 e. The van der Waals surface area contributed by atoms with Gasteiger partial charge in [-0.3, -0.25) is 23.9 Å². The molecule has 154 valence electrons. The molecule has 0 aliphatic heterocycles. The number of hydrogen-bond donors (Lipinski definition) is 2. The average Bonchev–Trinajstić information content (AvgIpc) is 2.80. The van der Waals surface area contributed by atoms with Gasteiger partial charge in [0.15, 0.2) is 0 Å². The van der Waals surface area contributed by atoms with Crippen molar-refractivity contribution in [1.82, 2.24) is 14.5 Å². The van der Waals surface area contributed by atoms with Crippen molar-refractivity contribution in [2.45, 2.75) is 13.0 Å². The highest BCUT2D eigenvalue weighted by Crippen LogP contribution is 2.14. The lowest BCUT2D eigenvalue weighted by atomic mass is 10.2. The van der Waals surface area contributed by atoms with Gasteiger partial charge in [0.2, 0.25) is 5.91 Å². The molecule has 8 nitrogen and oxygen atoms in total. The highest BCUT2D eigenvalue weighted by molar-refractivity contribution is 6.05. The standard InChI is InChI=1S/C23H19N5O3/c29-21(10-13-28-15-25-20-7-2-1-6-19(20)23(28)31)26-18-5-3-4-16(14-18)22(30)27-17-8-11-24-12-9-17/h1-9,11-12,14-15H,10,13H2,(H,26,29)(H,24,27,30). The Bertz CT molecular complexity index is 1300. The molecule has 0 atom stereocenters. The van der Waals surface area contributed by atoms with Gasteiger partial charge in [0.05, 0.1) is 17.2 Å². The molecule has 0 aliphatic carbocycles. The molecule has 8 heteroatoms. The van der Waals surface area contributed by atoms with Gasteiger partial charge in [0.25, 0.3) is 11.5 Å². The number of rotatable bonds is 6. The Morgan fingerprint density at radius 3 is 2.55 bits per heavy atom. The summed E-state index contributed by atoms with van der Waals surface area (Å²) >= 11 is 0. The van der Waals surface area contributed by atoms with Gasteiger partial charge in [-0.05, 0) is 42.5 Å². The first kappa shape index (κ1) is 20.0. The van der Waals surface area contributed by atoms with Crippen molar-refractivity contribution in [3.8, 4) is 0 Å². The zero-order valence-corrected chi connectivity index (χ0v) is 16.5. The molecule has 2 N–H and O–H groups in total. The van der Waals surface area contributed by atoms with Crippen LogP contribution in [0.4, 0.5) is 11.4 Å². The van der Waals surface area contributed by atoms with Crippen LogP contribution in [0.25, 0.3) is 10.9 Å². The summed E-state index contributed by atoms with van der Waals surface area (Å²) < 4.78 is 1.42. The van der Waals surface area contributed by atoms with E-state index in [2.05, 4.69) is 20.6 Å². The summed E-state index contributed by atoms with van der Waals surface area (Å²) in [5, 5.41) is 6.05. The highest BCUT2D eigenvalue weighted by atomic mass is 16.2. The molecule has 2 aromatic heterocycles. The van der Waals surface area contributed by atoms with Crippen LogP contribution < -0.4 is 16.2 Å². The third kappa shape index (κ3) is 4.81. The van der Waals surface area contributed by atoms with Crippen LogP contribution in [-0.4, -0.2) is 26.3 Å². The molecule has 2 heterocycles. The van der Waals surface area contributed by atoms with Crippen LogP contribution in [0.15, 0.2) is 84.2 Å². The normalized spacial score (nSPS) is 10.6. The Balaban J connectivity index is 1.39. The molecule has 0 fully saturated rings. The number of aromatic nitrogens is 3. The van der Waals surface area contributed by atoms with Gasteiger partial charge in [-0.1, -0.05) is 18.2 Å². The van der Waals surface area contributed by atoms with Crippen molar-refractivity contribution < 1.29 is 9.59 Å². The van der Waals surface area contributed by atoms with E-state index in [0.29, 0.717) is 27.8 Å². The molecule has 0 unspecified atom stereocenters. The Kier molecular flexibility index (Phi) is 5.79. The number of benzene rings is 2. The topological polar surface area (TPSA) is 106 Å². The van der Waals surface area contributed by atoms with Gasteiger partial charge in [0.1, 0.15) is 0 Å². The summed E-state index contributed by atoms with van der Waals surface area (Å²) in [5.41, 5.74) is 1.97. The van der Waals surface area contributed by atoms with Crippen LogP contribution in [0.2, 0.25) is 0 Å². The Labute approximate surface area is 177 Å². The van der Waals surface area contributed by atoms with Gasteiger partial charge in [-0.15, -0.1) is 0 Å². The molecule has 0 aliphatic rings. The zero-order chi connectivity index (χ0) is 21.6. The molecule has 0 spiro atoms. The predicted octanol–water partition coefficient (Wildman–Crippen LogP) is 3.07. The number of pyridine rings is 1. The lowest BCUT2D eigenvalue weighted by Crippen LogP contribution is -2.23. The van der Waals surface area contributed by atoms with Gasteiger partial charge < -0.3 is 10.6 Å². The quantitative estimate of drug-likeness (QED) is 0.505. The fourth-order valence-corrected chi connectivity index (χ4v) is 3.09. The summed E-state index contributed by atoms with van der Waals surface area (Å²) in [6, 6.07) is 17.1. The molecule has 2 amide bonds. The summed E-state index contributed by atoms with van der Waals surface area (Å²) in [7, 11) is 0. The number of nitrogens with zero attached hydrogens (tertiary/aromatic N) is 3. The van der Waals surface area contributed by atoms with Crippen LogP contribution in [0.5, 0.6) is 0 Å². The molecule has 31 heavy (non-hydrogen) atoms. The van der Waals surface area contributed by atoms with Crippen molar-refractivity contribution in [2.75, 3.05) is 10.6 Å². The number of amides is 2. The number of para-hydroxylation sites is 1. The van der Waals surface area contributed by atoms with Crippen molar-refractivity contribution in [3.05, 3.63) is 95.3 Å². The molecule has 4 rings (SSSR count). The fraction of sp³-hybridized carbons (Fsp3) is 0.0870. The van der Waals surface area contributed by atoms with Crippen LogP contribution in [0, 0.1) is 0 Å². The molecule has 0 bridgehead atoms. The first-order valence-electron chi connectivity index (χ1n) is 9.65. The first-order valence-corrected chi connectivity index (χ1v) is 9.65. The molecule has 2 aromatic carbocycles. The monoisotopic (exact) mass is 413 g/mol. The average molecular weight is 413 g/mol. The van der Waals surface area contributed by atoms with Crippen LogP contribution in [-0.2, 0) is 11.3 Å².